The highest BCUT2D eigenvalue weighted by molar-refractivity contribution is 7.19. The lowest BCUT2D eigenvalue weighted by molar-refractivity contribution is 0.227. The SMILES string of the molecule is Cc1c([C@H]2N[C@@H](CO)[C@H]3CN(c4ccccc4)C[C@H]32)sc2ccccc12. The molecule has 2 saturated heterocycles. The molecule has 26 heavy (non-hydrogen) atoms. The molecule has 0 spiro atoms. The second kappa shape index (κ2) is 6.38. The number of para-hydroxylation sites is 1. The maximum atomic E-state index is 9.97. The topological polar surface area (TPSA) is 35.5 Å². The first-order chi connectivity index (χ1) is 12.8. The van der Waals surface area contributed by atoms with Crippen molar-refractivity contribution in [1.82, 2.24) is 5.32 Å². The van der Waals surface area contributed by atoms with Gasteiger partial charge in [0.1, 0.15) is 0 Å². The molecule has 0 amide bonds. The number of anilines is 1. The Kier molecular flexibility index (Phi) is 4.00. The van der Waals surface area contributed by atoms with E-state index in [-0.39, 0.29) is 12.6 Å². The first-order valence-corrected chi connectivity index (χ1v) is 10.2. The summed E-state index contributed by atoms with van der Waals surface area (Å²) in [5.74, 6) is 1.04. The van der Waals surface area contributed by atoms with Crippen LogP contribution in [0.3, 0.4) is 0 Å². The van der Waals surface area contributed by atoms with Crippen LogP contribution in [0.15, 0.2) is 54.6 Å². The molecule has 4 atom stereocenters. The van der Waals surface area contributed by atoms with Crippen LogP contribution < -0.4 is 10.2 Å². The van der Waals surface area contributed by atoms with Gasteiger partial charge >= 0.3 is 0 Å². The number of nitrogens with zero attached hydrogens (tertiary/aromatic N) is 1. The van der Waals surface area contributed by atoms with Gasteiger partial charge in [0.05, 0.1) is 6.61 Å². The molecule has 0 radical (unpaired) electrons. The minimum absolute atomic E-state index is 0.184. The highest BCUT2D eigenvalue weighted by Crippen LogP contribution is 2.47. The van der Waals surface area contributed by atoms with E-state index in [2.05, 4.69) is 71.7 Å². The minimum atomic E-state index is 0.184. The summed E-state index contributed by atoms with van der Waals surface area (Å²) in [5.41, 5.74) is 2.70. The second-order valence-electron chi connectivity index (χ2n) is 7.59. The number of fused-ring (bicyclic) bond motifs is 2. The highest BCUT2D eigenvalue weighted by Gasteiger charge is 2.49. The summed E-state index contributed by atoms with van der Waals surface area (Å²) in [4.78, 5) is 3.95. The molecule has 0 unspecified atom stereocenters. The Labute approximate surface area is 158 Å². The summed E-state index contributed by atoms with van der Waals surface area (Å²) in [5, 5.41) is 15.1. The van der Waals surface area contributed by atoms with Crippen LogP contribution in [0.4, 0.5) is 5.69 Å². The monoisotopic (exact) mass is 364 g/mol. The molecule has 3 aromatic rings. The van der Waals surface area contributed by atoms with Crippen molar-refractivity contribution in [2.45, 2.75) is 19.0 Å². The molecule has 2 aliphatic rings. The third-order valence-electron chi connectivity index (χ3n) is 6.23. The predicted molar refractivity (Wildman–Crippen MR) is 109 cm³/mol. The summed E-state index contributed by atoms with van der Waals surface area (Å²) in [6, 6.07) is 19.9. The van der Waals surface area contributed by atoms with Gasteiger partial charge in [0.2, 0.25) is 0 Å². The minimum Gasteiger partial charge on any atom is -0.395 e. The Hall–Kier alpha value is -1.88. The van der Waals surface area contributed by atoms with Crippen molar-refractivity contribution in [1.29, 1.82) is 0 Å². The van der Waals surface area contributed by atoms with Crippen LogP contribution in [0.1, 0.15) is 16.5 Å². The third-order valence-corrected chi connectivity index (χ3v) is 7.59. The van der Waals surface area contributed by atoms with Crippen LogP contribution in [0.2, 0.25) is 0 Å². The summed E-state index contributed by atoms with van der Waals surface area (Å²) in [6.45, 7) is 4.54. The van der Waals surface area contributed by atoms with E-state index in [9.17, 15) is 5.11 Å². The van der Waals surface area contributed by atoms with Gasteiger partial charge < -0.3 is 15.3 Å². The highest BCUT2D eigenvalue weighted by atomic mass is 32.1. The second-order valence-corrected chi connectivity index (χ2v) is 8.67. The Bertz CT molecular complexity index is 922. The van der Waals surface area contributed by atoms with E-state index in [4.69, 9.17) is 0 Å². The number of aliphatic hydroxyl groups is 1. The van der Waals surface area contributed by atoms with E-state index in [1.807, 2.05) is 11.3 Å². The number of rotatable bonds is 3. The molecule has 5 rings (SSSR count). The maximum Gasteiger partial charge on any atom is 0.0588 e. The summed E-state index contributed by atoms with van der Waals surface area (Å²) < 4.78 is 1.36. The van der Waals surface area contributed by atoms with Gasteiger partial charge in [-0.2, -0.15) is 0 Å². The molecule has 3 nitrogen and oxygen atoms in total. The molecule has 0 aliphatic carbocycles. The van der Waals surface area contributed by atoms with Gasteiger partial charge in [-0.1, -0.05) is 36.4 Å². The van der Waals surface area contributed by atoms with E-state index in [1.54, 1.807) is 0 Å². The molecular formula is C22H24N2OS. The molecular weight excluding hydrogens is 340 g/mol. The molecule has 2 aromatic carbocycles. The zero-order valence-electron chi connectivity index (χ0n) is 14.9. The third kappa shape index (κ3) is 2.48. The smallest absolute Gasteiger partial charge is 0.0588 e. The molecule has 134 valence electrons. The Balaban J connectivity index is 1.51. The quantitative estimate of drug-likeness (QED) is 0.738. The first-order valence-electron chi connectivity index (χ1n) is 9.41. The fourth-order valence-corrected chi connectivity index (χ4v) is 6.26. The largest absolute Gasteiger partial charge is 0.395 e. The average molecular weight is 365 g/mol. The summed E-state index contributed by atoms with van der Waals surface area (Å²) in [7, 11) is 0. The van der Waals surface area contributed by atoms with Crippen molar-refractivity contribution < 1.29 is 5.11 Å². The zero-order chi connectivity index (χ0) is 17.7. The molecule has 4 heteroatoms. The molecule has 0 bridgehead atoms. The normalized spacial score (nSPS) is 28.0. The maximum absolute atomic E-state index is 9.97. The number of hydrogen-bond acceptors (Lipinski definition) is 4. The van der Waals surface area contributed by atoms with Crippen molar-refractivity contribution >= 4 is 27.1 Å². The lowest BCUT2D eigenvalue weighted by atomic mass is 9.89. The van der Waals surface area contributed by atoms with Gasteiger partial charge in [0.25, 0.3) is 0 Å². The Morgan fingerprint density at radius 3 is 2.54 bits per heavy atom. The van der Waals surface area contributed by atoms with Crippen LogP contribution in [0.25, 0.3) is 10.1 Å². The Morgan fingerprint density at radius 2 is 1.77 bits per heavy atom. The lowest BCUT2D eigenvalue weighted by Gasteiger charge is -2.24. The van der Waals surface area contributed by atoms with E-state index < -0.39 is 0 Å². The fourth-order valence-electron chi connectivity index (χ4n) is 4.91. The van der Waals surface area contributed by atoms with E-state index in [0.717, 1.165) is 13.1 Å². The van der Waals surface area contributed by atoms with Crippen molar-refractivity contribution in [2.24, 2.45) is 11.8 Å². The molecule has 0 saturated carbocycles. The van der Waals surface area contributed by atoms with Crippen molar-refractivity contribution in [3.63, 3.8) is 0 Å². The molecule has 3 heterocycles. The lowest BCUT2D eigenvalue weighted by Crippen LogP contribution is -2.36. The van der Waals surface area contributed by atoms with Crippen LogP contribution in [-0.2, 0) is 0 Å². The predicted octanol–water partition coefficient (Wildman–Crippen LogP) is 3.97. The van der Waals surface area contributed by atoms with Crippen LogP contribution in [0, 0.1) is 18.8 Å². The first kappa shape index (κ1) is 16.3. The van der Waals surface area contributed by atoms with Gasteiger partial charge in [0.15, 0.2) is 0 Å². The zero-order valence-corrected chi connectivity index (χ0v) is 15.7. The van der Waals surface area contributed by atoms with Crippen LogP contribution >= 0.6 is 11.3 Å². The molecule has 2 fully saturated rings. The number of hydrogen-bond donors (Lipinski definition) is 2. The number of thiophene rings is 1. The summed E-state index contributed by atoms with van der Waals surface area (Å²) in [6.07, 6.45) is 0. The van der Waals surface area contributed by atoms with Crippen molar-refractivity contribution in [3.05, 3.63) is 65.0 Å². The standard InChI is InChI=1S/C22H24N2OS/c1-14-16-9-5-6-10-20(16)26-22(14)21-18-12-24(15-7-3-2-4-8-15)11-17(18)19(13-25)23-21/h2-10,17-19,21,23,25H,11-13H2,1H3/t17-,18+,19-,21-/m0/s1. The van der Waals surface area contributed by atoms with Gasteiger partial charge in [-0.15, -0.1) is 11.3 Å². The van der Waals surface area contributed by atoms with Gasteiger partial charge in [-0.3, -0.25) is 0 Å². The van der Waals surface area contributed by atoms with Gasteiger partial charge in [-0.25, -0.2) is 0 Å². The number of benzene rings is 2. The van der Waals surface area contributed by atoms with Crippen LogP contribution in [-0.4, -0.2) is 30.8 Å². The average Bonchev–Trinajstić information content (AvgIpc) is 3.35. The number of aryl methyl sites for hydroxylation is 1. The van der Waals surface area contributed by atoms with E-state index in [1.165, 1.54) is 26.2 Å². The molecule has 1 aromatic heterocycles. The molecule has 2 aliphatic heterocycles. The van der Waals surface area contributed by atoms with E-state index >= 15 is 0 Å². The molecule has 2 N–H and O–H groups in total. The van der Waals surface area contributed by atoms with E-state index in [0.29, 0.717) is 17.9 Å². The summed E-state index contributed by atoms with van der Waals surface area (Å²) >= 11 is 1.92. The van der Waals surface area contributed by atoms with Gasteiger partial charge in [0, 0.05) is 52.3 Å². The number of nitrogens with one attached hydrogen (secondary N) is 1. The van der Waals surface area contributed by atoms with Crippen LogP contribution in [0.5, 0.6) is 0 Å². The Morgan fingerprint density at radius 1 is 1.04 bits per heavy atom. The van der Waals surface area contributed by atoms with Crippen molar-refractivity contribution in [3.8, 4) is 0 Å². The fraction of sp³-hybridized carbons (Fsp3) is 0.364. The van der Waals surface area contributed by atoms with Crippen molar-refractivity contribution in [2.75, 3.05) is 24.6 Å². The number of aliphatic hydroxyl groups excluding tert-OH is 1. The van der Waals surface area contributed by atoms with Gasteiger partial charge in [-0.05, 0) is 36.1 Å².